The lowest BCUT2D eigenvalue weighted by molar-refractivity contribution is 0.0122. The SMILES string of the molecule is CN1CCC[C@H]1COc1nc2c(c(N3CC4CCC(C3)N4C(=O)OC(C)(C)C)n1)CCNC2. The fourth-order valence-corrected chi connectivity index (χ4v) is 5.69. The Kier molecular flexibility index (Phi) is 6.11. The first-order valence-corrected chi connectivity index (χ1v) is 12.5. The molecule has 1 aromatic heterocycles. The number of carbonyl (C=O) groups is 1. The molecule has 182 valence electrons. The zero-order valence-electron chi connectivity index (χ0n) is 20.5. The second-order valence-electron chi connectivity index (χ2n) is 10.9. The molecule has 0 saturated carbocycles. The van der Waals surface area contributed by atoms with Gasteiger partial charge in [-0.15, -0.1) is 0 Å². The number of piperazine rings is 1. The molecule has 9 heteroatoms. The van der Waals surface area contributed by atoms with Crippen LogP contribution in [-0.2, 0) is 17.7 Å². The molecule has 3 atom stereocenters. The summed E-state index contributed by atoms with van der Waals surface area (Å²) in [6.07, 6.45) is 5.12. The standard InChI is InChI=1S/C24H38N6O3/c1-24(2,3)33-23(31)30-16-7-8-17(30)14-29(13-16)21-19-9-10-25-12-20(19)26-22(27-21)32-15-18-6-5-11-28(18)4/h16-18,25H,5-15H2,1-4H3/t16?,17?,18-/m0/s1. The van der Waals surface area contributed by atoms with E-state index in [0.717, 1.165) is 69.9 Å². The Morgan fingerprint density at radius 3 is 2.58 bits per heavy atom. The van der Waals surface area contributed by atoms with Crippen LogP contribution in [0, 0.1) is 0 Å². The molecule has 3 fully saturated rings. The molecular weight excluding hydrogens is 420 g/mol. The molecule has 4 aliphatic heterocycles. The maximum Gasteiger partial charge on any atom is 0.410 e. The zero-order valence-corrected chi connectivity index (χ0v) is 20.5. The van der Waals surface area contributed by atoms with Gasteiger partial charge in [0.2, 0.25) is 0 Å². The summed E-state index contributed by atoms with van der Waals surface area (Å²) < 4.78 is 11.8. The Morgan fingerprint density at radius 2 is 1.91 bits per heavy atom. The lowest BCUT2D eigenvalue weighted by Crippen LogP contribution is -2.57. The zero-order chi connectivity index (χ0) is 23.2. The van der Waals surface area contributed by atoms with E-state index in [0.29, 0.717) is 18.7 Å². The first-order chi connectivity index (χ1) is 15.8. The minimum atomic E-state index is -0.480. The number of hydrogen-bond acceptors (Lipinski definition) is 8. The van der Waals surface area contributed by atoms with Crippen molar-refractivity contribution in [2.75, 3.05) is 44.7 Å². The number of carbonyl (C=O) groups excluding carboxylic acids is 1. The summed E-state index contributed by atoms with van der Waals surface area (Å²) in [7, 11) is 2.16. The van der Waals surface area contributed by atoms with E-state index in [1.54, 1.807) is 0 Å². The van der Waals surface area contributed by atoms with Crippen molar-refractivity contribution in [3.8, 4) is 6.01 Å². The van der Waals surface area contributed by atoms with Gasteiger partial charge in [-0.25, -0.2) is 4.79 Å². The van der Waals surface area contributed by atoms with Crippen molar-refractivity contribution in [1.29, 1.82) is 0 Å². The number of aromatic nitrogens is 2. The van der Waals surface area contributed by atoms with Crippen LogP contribution in [-0.4, -0.2) is 89.4 Å². The number of rotatable bonds is 4. The maximum atomic E-state index is 12.9. The van der Waals surface area contributed by atoms with E-state index in [-0.39, 0.29) is 18.2 Å². The van der Waals surface area contributed by atoms with Crippen LogP contribution in [0.15, 0.2) is 0 Å². The summed E-state index contributed by atoms with van der Waals surface area (Å²) in [5.74, 6) is 0.997. The quantitative estimate of drug-likeness (QED) is 0.735. The van der Waals surface area contributed by atoms with Crippen LogP contribution >= 0.6 is 0 Å². The Labute approximate surface area is 196 Å². The molecule has 3 saturated heterocycles. The number of hydrogen-bond donors (Lipinski definition) is 1. The molecule has 1 N–H and O–H groups in total. The molecule has 1 amide bonds. The normalized spacial score (nSPS) is 27.6. The van der Waals surface area contributed by atoms with Crippen LogP contribution in [0.2, 0.25) is 0 Å². The van der Waals surface area contributed by atoms with Crippen molar-refractivity contribution in [3.63, 3.8) is 0 Å². The molecule has 0 aromatic carbocycles. The molecule has 5 heterocycles. The van der Waals surface area contributed by atoms with Gasteiger partial charge in [0.25, 0.3) is 0 Å². The molecule has 5 rings (SSSR count). The molecule has 0 spiro atoms. The highest BCUT2D eigenvalue weighted by Gasteiger charge is 2.45. The van der Waals surface area contributed by atoms with Crippen LogP contribution in [0.3, 0.4) is 0 Å². The van der Waals surface area contributed by atoms with Crippen molar-refractivity contribution in [2.24, 2.45) is 0 Å². The average molecular weight is 459 g/mol. The Bertz CT molecular complexity index is 874. The predicted octanol–water partition coefficient (Wildman–Crippen LogP) is 2.18. The van der Waals surface area contributed by atoms with Crippen LogP contribution in [0.4, 0.5) is 10.6 Å². The fourth-order valence-electron chi connectivity index (χ4n) is 5.69. The van der Waals surface area contributed by atoms with E-state index in [1.165, 1.54) is 12.0 Å². The van der Waals surface area contributed by atoms with Gasteiger partial charge in [0.15, 0.2) is 0 Å². The minimum Gasteiger partial charge on any atom is -0.462 e. The second-order valence-corrected chi connectivity index (χ2v) is 10.9. The van der Waals surface area contributed by atoms with Gasteiger partial charge in [-0.2, -0.15) is 9.97 Å². The number of likely N-dealkylation sites (tertiary alicyclic amines) is 1. The summed E-state index contributed by atoms with van der Waals surface area (Å²) in [6.45, 7) is 10.8. The average Bonchev–Trinajstić information content (AvgIpc) is 3.29. The largest absolute Gasteiger partial charge is 0.462 e. The molecule has 9 nitrogen and oxygen atoms in total. The Morgan fingerprint density at radius 1 is 1.15 bits per heavy atom. The second kappa shape index (κ2) is 8.91. The van der Waals surface area contributed by atoms with Gasteiger partial charge >= 0.3 is 12.1 Å². The van der Waals surface area contributed by atoms with Gasteiger partial charge in [0, 0.05) is 31.2 Å². The number of fused-ring (bicyclic) bond motifs is 3. The number of amides is 1. The maximum absolute atomic E-state index is 12.9. The van der Waals surface area contributed by atoms with Crippen molar-refractivity contribution in [1.82, 2.24) is 25.1 Å². The Hall–Kier alpha value is -2.13. The van der Waals surface area contributed by atoms with E-state index < -0.39 is 5.60 Å². The molecular formula is C24H38N6O3. The van der Waals surface area contributed by atoms with Gasteiger partial charge in [0.05, 0.1) is 17.8 Å². The number of anilines is 1. The summed E-state index contributed by atoms with van der Waals surface area (Å²) in [4.78, 5) is 29.3. The molecule has 1 aromatic rings. The lowest BCUT2D eigenvalue weighted by Gasteiger charge is -2.42. The van der Waals surface area contributed by atoms with Crippen molar-refractivity contribution < 1.29 is 14.3 Å². The third-order valence-electron chi connectivity index (χ3n) is 7.36. The summed E-state index contributed by atoms with van der Waals surface area (Å²) >= 11 is 0. The first kappa shape index (κ1) is 22.7. The van der Waals surface area contributed by atoms with Gasteiger partial charge in [0.1, 0.15) is 18.0 Å². The number of nitrogens with one attached hydrogen (secondary N) is 1. The number of likely N-dealkylation sites (N-methyl/N-ethyl adjacent to an activating group) is 1. The minimum absolute atomic E-state index is 0.155. The van der Waals surface area contributed by atoms with Crippen molar-refractivity contribution >= 4 is 11.9 Å². The van der Waals surface area contributed by atoms with E-state index in [1.807, 2.05) is 25.7 Å². The molecule has 2 bridgehead atoms. The van der Waals surface area contributed by atoms with Crippen molar-refractivity contribution in [3.05, 3.63) is 11.3 Å². The molecule has 0 radical (unpaired) electrons. The topological polar surface area (TPSA) is 83.1 Å². The summed E-state index contributed by atoms with van der Waals surface area (Å²) in [5, 5.41) is 3.43. The third-order valence-corrected chi connectivity index (χ3v) is 7.36. The summed E-state index contributed by atoms with van der Waals surface area (Å²) in [6, 6.07) is 1.22. The van der Waals surface area contributed by atoms with Crippen LogP contribution < -0.4 is 15.0 Å². The van der Waals surface area contributed by atoms with Crippen LogP contribution in [0.5, 0.6) is 6.01 Å². The third kappa shape index (κ3) is 4.75. The molecule has 0 aliphatic carbocycles. The van der Waals surface area contributed by atoms with E-state index in [2.05, 4.69) is 22.2 Å². The van der Waals surface area contributed by atoms with Gasteiger partial charge in [-0.1, -0.05) is 0 Å². The first-order valence-electron chi connectivity index (χ1n) is 12.5. The number of nitrogens with zero attached hydrogens (tertiary/aromatic N) is 5. The Balaban J connectivity index is 1.35. The predicted molar refractivity (Wildman–Crippen MR) is 126 cm³/mol. The summed E-state index contributed by atoms with van der Waals surface area (Å²) in [5.41, 5.74) is 1.79. The monoisotopic (exact) mass is 458 g/mol. The van der Waals surface area contributed by atoms with E-state index in [4.69, 9.17) is 19.4 Å². The highest BCUT2D eigenvalue weighted by Crippen LogP contribution is 2.36. The molecule has 33 heavy (non-hydrogen) atoms. The van der Waals surface area contributed by atoms with E-state index in [9.17, 15) is 4.79 Å². The smallest absolute Gasteiger partial charge is 0.410 e. The van der Waals surface area contributed by atoms with Gasteiger partial charge in [-0.3, -0.25) is 4.90 Å². The fraction of sp³-hybridized carbons (Fsp3) is 0.792. The molecule has 2 unspecified atom stereocenters. The van der Waals surface area contributed by atoms with E-state index >= 15 is 0 Å². The highest BCUT2D eigenvalue weighted by atomic mass is 16.6. The van der Waals surface area contributed by atoms with Crippen molar-refractivity contribution in [2.45, 2.75) is 83.1 Å². The van der Waals surface area contributed by atoms with Gasteiger partial charge in [-0.05, 0) is 73.0 Å². The van der Waals surface area contributed by atoms with Crippen LogP contribution in [0.25, 0.3) is 0 Å². The lowest BCUT2D eigenvalue weighted by atomic mass is 10.1. The number of ether oxygens (including phenoxy) is 2. The van der Waals surface area contributed by atoms with Gasteiger partial charge < -0.3 is 24.6 Å². The van der Waals surface area contributed by atoms with Crippen LogP contribution in [0.1, 0.15) is 57.7 Å². The molecule has 4 aliphatic rings. The highest BCUT2D eigenvalue weighted by molar-refractivity contribution is 5.70.